The maximum Gasteiger partial charge on any atom is 0.255 e. The standard InChI is InChI=1S/C23H27FN2O2S/c1-3-4-5-14-25-21(27)20-15-29-23(18-10-12-19(24)13-11-18)26(20)22(28)17-8-6-16(2)7-9-17/h6-13,20,23H,3-5,14-15H2,1-2H3,(H,25,27)/t20-,23+/m0/s1. The first-order valence-corrected chi connectivity index (χ1v) is 11.1. The molecular formula is C23H27FN2O2S. The fourth-order valence-electron chi connectivity index (χ4n) is 3.39. The third kappa shape index (κ3) is 5.18. The molecule has 154 valence electrons. The molecule has 3 rings (SSSR count). The van der Waals surface area contributed by atoms with Crippen molar-refractivity contribution in [3.8, 4) is 0 Å². The molecule has 1 fully saturated rings. The monoisotopic (exact) mass is 414 g/mol. The van der Waals surface area contributed by atoms with Crippen LogP contribution in [-0.2, 0) is 4.79 Å². The largest absolute Gasteiger partial charge is 0.354 e. The van der Waals surface area contributed by atoms with Gasteiger partial charge in [0.15, 0.2) is 0 Å². The Kier molecular flexibility index (Phi) is 7.31. The predicted octanol–water partition coefficient (Wildman–Crippen LogP) is 4.70. The second kappa shape index (κ2) is 9.92. The molecule has 0 unspecified atom stereocenters. The summed E-state index contributed by atoms with van der Waals surface area (Å²) >= 11 is 1.54. The highest BCUT2D eigenvalue weighted by Gasteiger charge is 2.42. The van der Waals surface area contributed by atoms with Crippen LogP contribution in [0.2, 0.25) is 0 Å². The average Bonchev–Trinajstić information content (AvgIpc) is 3.17. The van der Waals surface area contributed by atoms with E-state index < -0.39 is 6.04 Å². The first kappa shape index (κ1) is 21.4. The topological polar surface area (TPSA) is 49.4 Å². The van der Waals surface area contributed by atoms with Gasteiger partial charge in [-0.25, -0.2) is 4.39 Å². The Morgan fingerprint density at radius 3 is 2.45 bits per heavy atom. The van der Waals surface area contributed by atoms with E-state index in [0.717, 1.165) is 30.4 Å². The lowest BCUT2D eigenvalue weighted by Crippen LogP contribution is -2.48. The summed E-state index contributed by atoms with van der Waals surface area (Å²) in [6.07, 6.45) is 3.07. The highest BCUT2D eigenvalue weighted by Crippen LogP contribution is 2.42. The summed E-state index contributed by atoms with van der Waals surface area (Å²) in [4.78, 5) is 27.9. The SMILES string of the molecule is CCCCCNC(=O)[C@@H]1CS[C@H](c2ccc(F)cc2)N1C(=O)c1ccc(C)cc1. The molecule has 0 radical (unpaired) electrons. The number of aryl methyl sites for hydroxylation is 1. The summed E-state index contributed by atoms with van der Waals surface area (Å²) in [5, 5.41) is 2.66. The molecule has 2 aromatic carbocycles. The molecule has 0 bridgehead atoms. The van der Waals surface area contributed by atoms with Crippen LogP contribution in [0.1, 0.15) is 53.0 Å². The minimum Gasteiger partial charge on any atom is -0.354 e. The summed E-state index contributed by atoms with van der Waals surface area (Å²) in [6.45, 7) is 4.69. The average molecular weight is 415 g/mol. The quantitative estimate of drug-likeness (QED) is 0.669. The Morgan fingerprint density at radius 1 is 1.10 bits per heavy atom. The highest BCUT2D eigenvalue weighted by atomic mass is 32.2. The Bertz CT molecular complexity index is 839. The molecule has 0 aliphatic carbocycles. The van der Waals surface area contributed by atoms with Crippen molar-refractivity contribution in [1.82, 2.24) is 10.2 Å². The summed E-state index contributed by atoms with van der Waals surface area (Å²) in [5.74, 6) is -0.116. The third-order valence-corrected chi connectivity index (χ3v) is 6.39. The zero-order valence-corrected chi connectivity index (χ0v) is 17.7. The predicted molar refractivity (Wildman–Crippen MR) is 115 cm³/mol. The maximum atomic E-state index is 13.4. The molecule has 2 atom stereocenters. The molecule has 1 aliphatic rings. The van der Waals surface area contributed by atoms with Gasteiger partial charge in [0, 0.05) is 17.9 Å². The van der Waals surface area contributed by atoms with E-state index in [1.54, 1.807) is 29.2 Å². The molecule has 6 heteroatoms. The van der Waals surface area contributed by atoms with Crippen molar-refractivity contribution in [2.75, 3.05) is 12.3 Å². The van der Waals surface area contributed by atoms with Crippen LogP contribution in [-0.4, -0.2) is 35.1 Å². The van der Waals surface area contributed by atoms with Gasteiger partial charge in [0.25, 0.3) is 5.91 Å². The van der Waals surface area contributed by atoms with Gasteiger partial charge in [-0.2, -0.15) is 0 Å². The first-order chi connectivity index (χ1) is 14.0. The second-order valence-electron chi connectivity index (χ2n) is 7.33. The van der Waals surface area contributed by atoms with Gasteiger partial charge in [-0.05, 0) is 43.2 Å². The van der Waals surface area contributed by atoms with E-state index in [1.807, 2.05) is 19.1 Å². The van der Waals surface area contributed by atoms with Crippen LogP contribution in [0.4, 0.5) is 4.39 Å². The number of hydrogen-bond donors (Lipinski definition) is 1. The molecule has 2 amide bonds. The van der Waals surface area contributed by atoms with Crippen molar-refractivity contribution >= 4 is 23.6 Å². The number of nitrogens with one attached hydrogen (secondary N) is 1. The fraction of sp³-hybridized carbons (Fsp3) is 0.391. The van der Waals surface area contributed by atoms with E-state index in [2.05, 4.69) is 12.2 Å². The molecule has 2 aromatic rings. The van der Waals surface area contributed by atoms with Gasteiger partial charge in [0.1, 0.15) is 17.2 Å². The van der Waals surface area contributed by atoms with E-state index >= 15 is 0 Å². The number of carbonyl (C=O) groups is 2. The number of benzene rings is 2. The number of nitrogens with zero attached hydrogens (tertiary/aromatic N) is 1. The molecule has 0 aromatic heterocycles. The minimum atomic E-state index is -0.550. The summed E-state index contributed by atoms with van der Waals surface area (Å²) in [6, 6.07) is 13.0. The normalized spacial score (nSPS) is 18.7. The molecule has 4 nitrogen and oxygen atoms in total. The smallest absolute Gasteiger partial charge is 0.255 e. The van der Waals surface area contributed by atoms with Crippen molar-refractivity contribution in [2.45, 2.75) is 44.5 Å². The molecule has 1 N–H and O–H groups in total. The fourth-order valence-corrected chi connectivity index (χ4v) is 4.82. The van der Waals surface area contributed by atoms with Crippen LogP contribution in [0.25, 0.3) is 0 Å². The lowest BCUT2D eigenvalue weighted by Gasteiger charge is -2.29. The third-order valence-electron chi connectivity index (χ3n) is 5.07. The van der Waals surface area contributed by atoms with E-state index in [1.165, 1.54) is 23.9 Å². The Morgan fingerprint density at radius 2 is 1.79 bits per heavy atom. The van der Waals surface area contributed by atoms with Gasteiger partial charge in [-0.3, -0.25) is 9.59 Å². The number of thioether (sulfide) groups is 1. The van der Waals surface area contributed by atoms with Crippen LogP contribution in [0.15, 0.2) is 48.5 Å². The number of carbonyl (C=O) groups excluding carboxylic acids is 2. The van der Waals surface area contributed by atoms with Crippen LogP contribution < -0.4 is 5.32 Å². The van der Waals surface area contributed by atoms with Crippen molar-refractivity contribution in [3.63, 3.8) is 0 Å². The number of unbranched alkanes of at least 4 members (excludes halogenated alkanes) is 2. The number of rotatable bonds is 7. The molecular weight excluding hydrogens is 387 g/mol. The number of halogens is 1. The molecule has 1 saturated heterocycles. The highest BCUT2D eigenvalue weighted by molar-refractivity contribution is 7.99. The van der Waals surface area contributed by atoms with Gasteiger partial charge >= 0.3 is 0 Å². The summed E-state index contributed by atoms with van der Waals surface area (Å²) in [7, 11) is 0. The van der Waals surface area contributed by atoms with E-state index in [4.69, 9.17) is 0 Å². The number of amides is 2. The van der Waals surface area contributed by atoms with Crippen molar-refractivity contribution in [1.29, 1.82) is 0 Å². The molecule has 1 aliphatic heterocycles. The summed E-state index contributed by atoms with van der Waals surface area (Å²) < 4.78 is 13.4. The molecule has 0 spiro atoms. The second-order valence-corrected chi connectivity index (χ2v) is 8.44. The van der Waals surface area contributed by atoms with Crippen LogP contribution in [0.3, 0.4) is 0 Å². The summed E-state index contributed by atoms with van der Waals surface area (Å²) in [5.41, 5.74) is 2.43. The number of hydrogen-bond acceptors (Lipinski definition) is 3. The molecule has 0 saturated carbocycles. The van der Waals surface area contributed by atoms with E-state index in [9.17, 15) is 14.0 Å². The zero-order chi connectivity index (χ0) is 20.8. The van der Waals surface area contributed by atoms with Gasteiger partial charge < -0.3 is 10.2 Å². The van der Waals surface area contributed by atoms with Crippen molar-refractivity contribution in [2.24, 2.45) is 0 Å². The lowest BCUT2D eigenvalue weighted by molar-refractivity contribution is -0.124. The molecule has 29 heavy (non-hydrogen) atoms. The van der Waals surface area contributed by atoms with Crippen LogP contribution in [0.5, 0.6) is 0 Å². The van der Waals surface area contributed by atoms with E-state index in [-0.39, 0.29) is 23.0 Å². The van der Waals surface area contributed by atoms with Gasteiger partial charge in [0.05, 0.1) is 0 Å². The lowest BCUT2D eigenvalue weighted by atomic mass is 10.1. The van der Waals surface area contributed by atoms with Crippen molar-refractivity contribution in [3.05, 3.63) is 71.0 Å². The van der Waals surface area contributed by atoms with Gasteiger partial charge in [0.2, 0.25) is 5.91 Å². The Labute approximate surface area is 175 Å². The molecule has 1 heterocycles. The maximum absolute atomic E-state index is 13.4. The Balaban J connectivity index is 1.85. The van der Waals surface area contributed by atoms with Crippen molar-refractivity contribution < 1.29 is 14.0 Å². The van der Waals surface area contributed by atoms with Gasteiger partial charge in [-0.1, -0.05) is 49.6 Å². The Hall–Kier alpha value is -2.34. The van der Waals surface area contributed by atoms with Crippen LogP contribution >= 0.6 is 11.8 Å². The zero-order valence-electron chi connectivity index (χ0n) is 16.9. The van der Waals surface area contributed by atoms with Crippen LogP contribution in [0, 0.1) is 12.7 Å². The minimum absolute atomic E-state index is 0.126. The van der Waals surface area contributed by atoms with Gasteiger partial charge in [-0.15, -0.1) is 11.8 Å². The van der Waals surface area contributed by atoms with E-state index in [0.29, 0.717) is 17.9 Å². The first-order valence-electron chi connectivity index (χ1n) is 10.1.